The average molecular weight is 550 g/mol. The Balaban J connectivity index is 1.61. The maximum Gasteiger partial charge on any atom is 0.248 e. The number of amides is 2. The average Bonchev–Trinajstić information content (AvgIpc) is 3.73. The number of benzene rings is 2. The van der Waals surface area contributed by atoms with E-state index >= 15 is 0 Å². The van der Waals surface area contributed by atoms with Gasteiger partial charge >= 0.3 is 0 Å². The first kappa shape index (κ1) is 27.5. The number of nitrogens with zero attached hydrogens (tertiary/aromatic N) is 2. The van der Waals surface area contributed by atoms with Gasteiger partial charge in [0.1, 0.15) is 11.9 Å². The molecule has 1 N–H and O–H groups in total. The molecule has 0 aromatic heterocycles. The maximum absolute atomic E-state index is 14.3. The number of anilines is 1. The first-order valence-electron chi connectivity index (χ1n) is 12.9. The van der Waals surface area contributed by atoms with Crippen LogP contribution in [0, 0.1) is 5.82 Å². The minimum Gasteiger partial charge on any atom is -0.351 e. The van der Waals surface area contributed by atoms with Gasteiger partial charge in [-0.3, -0.25) is 14.5 Å². The van der Waals surface area contributed by atoms with E-state index in [1.165, 1.54) is 27.4 Å². The van der Waals surface area contributed by atoms with E-state index < -0.39 is 27.8 Å². The van der Waals surface area contributed by atoms with Crippen LogP contribution in [0.4, 0.5) is 10.1 Å². The minimum absolute atomic E-state index is 0.00155. The smallest absolute Gasteiger partial charge is 0.248 e. The van der Waals surface area contributed by atoms with Crippen LogP contribution < -0.4 is 10.2 Å². The molecule has 1 saturated carbocycles. The number of carbonyl (C=O) groups excluding carboxylic acids is 2. The molecule has 1 heterocycles. The zero-order valence-corrected chi connectivity index (χ0v) is 22.3. The number of rotatable bonds is 11. The number of unbranched alkanes of at least 4 members (excludes halogenated alkanes) is 1. The normalized spacial score (nSPS) is 17.2. The van der Waals surface area contributed by atoms with E-state index in [1.807, 2.05) is 0 Å². The van der Waals surface area contributed by atoms with Gasteiger partial charge in [0.25, 0.3) is 0 Å². The summed E-state index contributed by atoms with van der Waals surface area (Å²) in [5.41, 5.74) is 0.685. The maximum atomic E-state index is 14.3. The van der Waals surface area contributed by atoms with Crippen LogP contribution in [0.25, 0.3) is 0 Å². The molecule has 2 aromatic carbocycles. The fourth-order valence-corrected chi connectivity index (χ4v) is 6.52. The number of hydrogen-bond acceptors (Lipinski definition) is 4. The molecule has 4 rings (SSSR count). The predicted molar refractivity (Wildman–Crippen MR) is 142 cm³/mol. The summed E-state index contributed by atoms with van der Waals surface area (Å²) in [5, 5.41) is 3.43. The molecule has 200 valence electrons. The van der Waals surface area contributed by atoms with Crippen LogP contribution >= 0.6 is 11.6 Å². The molecule has 0 spiro atoms. The molecule has 2 amide bonds. The highest BCUT2D eigenvalue weighted by Gasteiger charge is 2.35. The third kappa shape index (κ3) is 7.30. The number of halogens is 2. The molecule has 1 saturated heterocycles. The third-order valence-corrected chi connectivity index (χ3v) is 9.16. The van der Waals surface area contributed by atoms with Gasteiger partial charge in [0.05, 0.1) is 5.75 Å². The fraction of sp³-hybridized carbons (Fsp3) is 0.481. The Morgan fingerprint density at radius 1 is 1.05 bits per heavy atom. The van der Waals surface area contributed by atoms with Crippen molar-refractivity contribution in [3.05, 3.63) is 64.9 Å². The van der Waals surface area contributed by atoms with Crippen molar-refractivity contribution < 1.29 is 22.4 Å². The van der Waals surface area contributed by atoms with E-state index in [1.54, 1.807) is 30.3 Å². The Morgan fingerprint density at radius 2 is 1.78 bits per heavy atom. The van der Waals surface area contributed by atoms with Crippen LogP contribution in [0.2, 0.25) is 5.02 Å². The second-order valence-electron chi connectivity index (χ2n) is 9.68. The van der Waals surface area contributed by atoms with Crippen LogP contribution in [0.3, 0.4) is 0 Å². The SMILES string of the molecule is O=C(NC1CCCCC1)[C@@H](c1ccccc1Cl)N(C(=O)CCCCS(=O)(=O)N1CC1)c1cccc(F)c1. The predicted octanol–water partition coefficient (Wildman–Crippen LogP) is 4.82. The topological polar surface area (TPSA) is 86.6 Å². The van der Waals surface area contributed by atoms with Crippen LogP contribution in [0.15, 0.2) is 48.5 Å². The lowest BCUT2D eigenvalue weighted by molar-refractivity contribution is -0.127. The Kier molecular flexibility index (Phi) is 9.21. The van der Waals surface area contributed by atoms with E-state index in [9.17, 15) is 22.4 Å². The van der Waals surface area contributed by atoms with Crippen molar-refractivity contribution in [3.63, 3.8) is 0 Å². The summed E-state index contributed by atoms with van der Waals surface area (Å²) in [6.07, 6.45) is 5.53. The van der Waals surface area contributed by atoms with Crippen molar-refractivity contribution in [2.75, 3.05) is 23.7 Å². The summed E-state index contributed by atoms with van der Waals surface area (Å²) >= 11 is 6.52. The monoisotopic (exact) mass is 549 g/mol. The minimum atomic E-state index is -3.28. The number of sulfonamides is 1. The Hall–Kier alpha value is -2.49. The molecule has 2 aromatic rings. The van der Waals surface area contributed by atoms with E-state index in [2.05, 4.69) is 5.32 Å². The zero-order valence-electron chi connectivity index (χ0n) is 20.7. The van der Waals surface area contributed by atoms with Crippen LogP contribution in [0.1, 0.15) is 63.0 Å². The molecule has 37 heavy (non-hydrogen) atoms. The molecular formula is C27H33ClFN3O4S. The number of carbonyl (C=O) groups is 2. The van der Waals surface area contributed by atoms with Gasteiger partial charge in [0.15, 0.2) is 0 Å². The van der Waals surface area contributed by atoms with Crippen molar-refractivity contribution >= 4 is 39.1 Å². The summed E-state index contributed by atoms with van der Waals surface area (Å²) in [4.78, 5) is 28.7. The van der Waals surface area contributed by atoms with Crippen molar-refractivity contribution in [2.24, 2.45) is 0 Å². The second kappa shape index (κ2) is 12.4. The quantitative estimate of drug-likeness (QED) is 0.322. The standard InChI is InChI=1S/C27H33ClFN3O4S/c28-24-14-5-4-13-23(24)26(27(34)30-21-10-2-1-3-11-21)32(22-12-8-9-20(29)19-22)25(33)15-6-7-18-37(35,36)31-16-17-31/h4-5,8-9,12-14,19,21,26H,1-3,6-7,10-11,15-18H2,(H,30,34)/t26-/m1/s1. The lowest BCUT2D eigenvalue weighted by atomic mass is 9.94. The van der Waals surface area contributed by atoms with Gasteiger partial charge in [0.2, 0.25) is 21.8 Å². The molecule has 1 aliphatic heterocycles. The Morgan fingerprint density at radius 3 is 2.46 bits per heavy atom. The van der Waals surface area contributed by atoms with E-state index in [0.717, 1.165) is 32.1 Å². The summed E-state index contributed by atoms with van der Waals surface area (Å²) in [5.74, 6) is -1.35. The van der Waals surface area contributed by atoms with Crippen LogP contribution in [-0.2, 0) is 19.6 Å². The Labute approximate surface area is 223 Å². The van der Waals surface area contributed by atoms with E-state index in [0.29, 0.717) is 36.5 Å². The first-order valence-corrected chi connectivity index (χ1v) is 14.9. The van der Waals surface area contributed by atoms with Crippen LogP contribution in [-0.4, -0.2) is 49.4 Å². The molecule has 2 aliphatic rings. The molecule has 7 nitrogen and oxygen atoms in total. The molecule has 10 heteroatoms. The van der Waals surface area contributed by atoms with Gasteiger partial charge in [-0.25, -0.2) is 12.8 Å². The summed E-state index contributed by atoms with van der Waals surface area (Å²) in [6, 6.07) is 11.3. The van der Waals surface area contributed by atoms with Crippen molar-refractivity contribution in [3.8, 4) is 0 Å². The largest absolute Gasteiger partial charge is 0.351 e. The molecule has 2 fully saturated rings. The second-order valence-corrected chi connectivity index (χ2v) is 12.2. The highest BCUT2D eigenvalue weighted by Crippen LogP contribution is 2.34. The zero-order chi connectivity index (χ0) is 26.4. The van der Waals surface area contributed by atoms with Gasteiger partial charge in [-0.2, -0.15) is 4.31 Å². The van der Waals surface area contributed by atoms with Crippen molar-refractivity contribution in [1.29, 1.82) is 0 Å². The lowest BCUT2D eigenvalue weighted by Crippen LogP contribution is -2.47. The van der Waals surface area contributed by atoms with Gasteiger partial charge in [0, 0.05) is 41.8 Å². The number of nitrogens with one attached hydrogen (secondary N) is 1. The van der Waals surface area contributed by atoms with E-state index in [4.69, 9.17) is 11.6 Å². The molecule has 1 aliphatic carbocycles. The number of hydrogen-bond donors (Lipinski definition) is 1. The van der Waals surface area contributed by atoms with Crippen molar-refractivity contribution in [1.82, 2.24) is 9.62 Å². The summed E-state index contributed by atoms with van der Waals surface area (Å²) in [7, 11) is -3.28. The Bertz CT molecular complexity index is 1220. The highest BCUT2D eigenvalue weighted by molar-refractivity contribution is 7.89. The van der Waals surface area contributed by atoms with Gasteiger partial charge in [-0.1, -0.05) is 55.1 Å². The van der Waals surface area contributed by atoms with Crippen molar-refractivity contribution in [2.45, 2.75) is 63.5 Å². The molecular weight excluding hydrogens is 517 g/mol. The first-order chi connectivity index (χ1) is 17.8. The molecule has 0 bridgehead atoms. The summed E-state index contributed by atoms with van der Waals surface area (Å²) in [6.45, 7) is 1.09. The highest BCUT2D eigenvalue weighted by atomic mass is 35.5. The molecule has 0 radical (unpaired) electrons. The van der Waals surface area contributed by atoms with Gasteiger partial charge < -0.3 is 5.32 Å². The lowest BCUT2D eigenvalue weighted by Gasteiger charge is -2.34. The molecule has 1 atom stereocenters. The third-order valence-electron chi connectivity index (χ3n) is 6.86. The van der Waals surface area contributed by atoms with Crippen LogP contribution in [0.5, 0.6) is 0 Å². The van der Waals surface area contributed by atoms with E-state index in [-0.39, 0.29) is 29.8 Å². The van der Waals surface area contributed by atoms with Gasteiger partial charge in [-0.15, -0.1) is 0 Å². The summed E-state index contributed by atoms with van der Waals surface area (Å²) < 4.78 is 40.0. The fourth-order valence-electron chi connectivity index (χ4n) is 4.81. The molecule has 0 unspecified atom stereocenters. The van der Waals surface area contributed by atoms with Gasteiger partial charge in [-0.05, 0) is 49.9 Å².